The molecular weight excluding hydrogens is 378 g/mol. The fourth-order valence-electron chi connectivity index (χ4n) is 3.01. The Morgan fingerprint density at radius 3 is 2.73 bits per heavy atom. The summed E-state index contributed by atoms with van der Waals surface area (Å²) in [5, 5.41) is 13.6. The van der Waals surface area contributed by atoms with E-state index in [0.29, 0.717) is 23.8 Å². The SMILES string of the molecule is N#Cc1c(-c2ccccc2)nc(NN=Cc2ccccc2COCC2CC2)[nH]c1=O. The first-order chi connectivity index (χ1) is 14.7. The lowest BCUT2D eigenvalue weighted by Crippen LogP contribution is -2.16. The molecule has 1 saturated carbocycles. The molecular formula is C23H21N5O2. The first kappa shape index (κ1) is 19.6. The standard InChI is InChI=1S/C23H21N5O2/c24-12-20-21(17-6-2-1-3-7-17)26-23(27-22(20)29)28-25-13-18-8-4-5-9-19(18)15-30-14-16-10-11-16/h1-9,13,16H,10-11,14-15H2,(H2,26,27,28,29). The van der Waals surface area contributed by atoms with Gasteiger partial charge < -0.3 is 4.74 Å². The molecule has 3 aromatic rings. The van der Waals surface area contributed by atoms with Gasteiger partial charge in [-0.2, -0.15) is 10.4 Å². The summed E-state index contributed by atoms with van der Waals surface area (Å²) in [5.41, 5.74) is 5.16. The molecule has 1 fully saturated rings. The molecule has 1 aliphatic rings. The van der Waals surface area contributed by atoms with E-state index in [-0.39, 0.29) is 11.5 Å². The predicted molar refractivity (Wildman–Crippen MR) is 115 cm³/mol. The van der Waals surface area contributed by atoms with E-state index in [1.807, 2.05) is 48.5 Å². The highest BCUT2D eigenvalue weighted by Gasteiger charge is 2.21. The first-order valence-corrected chi connectivity index (χ1v) is 9.79. The van der Waals surface area contributed by atoms with E-state index in [4.69, 9.17) is 4.74 Å². The fraction of sp³-hybridized carbons (Fsp3) is 0.217. The highest BCUT2D eigenvalue weighted by atomic mass is 16.5. The van der Waals surface area contributed by atoms with Crippen molar-refractivity contribution in [3.05, 3.63) is 81.6 Å². The van der Waals surface area contributed by atoms with E-state index >= 15 is 0 Å². The number of hydrazone groups is 1. The Labute approximate surface area is 174 Å². The number of anilines is 1. The summed E-state index contributed by atoms with van der Waals surface area (Å²) in [6.45, 7) is 1.32. The summed E-state index contributed by atoms with van der Waals surface area (Å²) in [4.78, 5) is 19.2. The summed E-state index contributed by atoms with van der Waals surface area (Å²) in [6.07, 6.45) is 4.18. The summed E-state index contributed by atoms with van der Waals surface area (Å²) in [5.74, 6) is 0.877. The molecule has 0 atom stereocenters. The number of H-pyrrole nitrogens is 1. The van der Waals surface area contributed by atoms with Gasteiger partial charge in [0.25, 0.3) is 5.56 Å². The summed E-state index contributed by atoms with van der Waals surface area (Å²) in [7, 11) is 0. The summed E-state index contributed by atoms with van der Waals surface area (Å²) in [6, 6.07) is 18.9. The Morgan fingerprint density at radius 2 is 1.97 bits per heavy atom. The lowest BCUT2D eigenvalue weighted by Gasteiger charge is -2.07. The molecule has 150 valence electrons. The molecule has 0 unspecified atom stereocenters. The van der Waals surface area contributed by atoms with Gasteiger partial charge in [-0.15, -0.1) is 0 Å². The summed E-state index contributed by atoms with van der Waals surface area (Å²) >= 11 is 0. The smallest absolute Gasteiger partial charge is 0.270 e. The molecule has 30 heavy (non-hydrogen) atoms. The van der Waals surface area contributed by atoms with Crippen molar-refractivity contribution >= 4 is 12.2 Å². The first-order valence-electron chi connectivity index (χ1n) is 9.79. The number of aromatic amines is 1. The van der Waals surface area contributed by atoms with Crippen molar-refractivity contribution in [2.24, 2.45) is 11.0 Å². The number of nitrogens with one attached hydrogen (secondary N) is 2. The maximum Gasteiger partial charge on any atom is 0.270 e. The number of rotatable bonds is 8. The normalized spacial score (nSPS) is 13.3. The molecule has 7 heteroatoms. The van der Waals surface area contributed by atoms with Crippen molar-refractivity contribution in [1.82, 2.24) is 9.97 Å². The lowest BCUT2D eigenvalue weighted by atomic mass is 10.1. The molecule has 0 aliphatic heterocycles. The zero-order valence-electron chi connectivity index (χ0n) is 16.3. The van der Waals surface area contributed by atoms with Gasteiger partial charge >= 0.3 is 0 Å². The van der Waals surface area contributed by atoms with Gasteiger partial charge in [-0.3, -0.25) is 9.78 Å². The van der Waals surface area contributed by atoms with Crippen LogP contribution in [0.3, 0.4) is 0 Å². The van der Waals surface area contributed by atoms with E-state index in [1.54, 1.807) is 18.3 Å². The molecule has 4 rings (SSSR count). The third kappa shape index (κ3) is 4.80. The molecule has 0 radical (unpaired) electrons. The van der Waals surface area contributed by atoms with Crippen LogP contribution in [0.4, 0.5) is 5.95 Å². The zero-order chi connectivity index (χ0) is 20.8. The van der Waals surface area contributed by atoms with Gasteiger partial charge in [0.05, 0.1) is 18.5 Å². The zero-order valence-corrected chi connectivity index (χ0v) is 16.3. The third-order valence-electron chi connectivity index (χ3n) is 4.82. The fourth-order valence-corrected chi connectivity index (χ4v) is 3.01. The quantitative estimate of drug-likeness (QED) is 0.444. The number of nitrogens with zero attached hydrogens (tertiary/aromatic N) is 3. The maximum atomic E-state index is 12.3. The number of hydrogen-bond donors (Lipinski definition) is 2. The molecule has 0 amide bonds. The van der Waals surface area contributed by atoms with Gasteiger partial charge in [-0.25, -0.2) is 10.4 Å². The minimum atomic E-state index is -0.516. The van der Waals surface area contributed by atoms with Crippen LogP contribution in [0.2, 0.25) is 0 Å². The third-order valence-corrected chi connectivity index (χ3v) is 4.82. The van der Waals surface area contributed by atoms with E-state index < -0.39 is 5.56 Å². The topological polar surface area (TPSA) is 103 Å². The van der Waals surface area contributed by atoms with Crippen molar-refractivity contribution in [2.45, 2.75) is 19.4 Å². The number of aromatic nitrogens is 2. The number of ether oxygens (including phenoxy) is 1. The van der Waals surface area contributed by atoms with Crippen LogP contribution in [-0.4, -0.2) is 22.8 Å². The monoisotopic (exact) mass is 399 g/mol. The Bertz CT molecular complexity index is 1140. The van der Waals surface area contributed by atoms with Crippen molar-refractivity contribution in [1.29, 1.82) is 5.26 Å². The van der Waals surface area contributed by atoms with Crippen LogP contribution >= 0.6 is 0 Å². The molecule has 2 N–H and O–H groups in total. The molecule has 2 aromatic carbocycles. The minimum absolute atomic E-state index is 0.0334. The van der Waals surface area contributed by atoms with Crippen molar-refractivity contribution in [3.8, 4) is 17.3 Å². The van der Waals surface area contributed by atoms with Crippen LogP contribution < -0.4 is 11.0 Å². The van der Waals surface area contributed by atoms with Crippen LogP contribution in [0.5, 0.6) is 0 Å². The predicted octanol–water partition coefficient (Wildman–Crippen LogP) is 3.68. The van der Waals surface area contributed by atoms with E-state index in [0.717, 1.165) is 17.7 Å². The molecule has 0 spiro atoms. The largest absolute Gasteiger partial charge is 0.376 e. The number of benzene rings is 2. The van der Waals surface area contributed by atoms with Crippen molar-refractivity contribution in [2.75, 3.05) is 12.0 Å². The van der Waals surface area contributed by atoms with Gasteiger partial charge in [0.15, 0.2) is 0 Å². The number of hydrogen-bond acceptors (Lipinski definition) is 6. The molecule has 0 saturated heterocycles. The van der Waals surface area contributed by atoms with Crippen LogP contribution in [0, 0.1) is 17.2 Å². The van der Waals surface area contributed by atoms with Gasteiger partial charge in [-0.05, 0) is 24.3 Å². The van der Waals surface area contributed by atoms with Gasteiger partial charge in [-0.1, -0.05) is 54.6 Å². The van der Waals surface area contributed by atoms with E-state index in [9.17, 15) is 10.1 Å². The average molecular weight is 399 g/mol. The molecule has 1 aromatic heterocycles. The second kappa shape index (κ2) is 9.16. The second-order valence-electron chi connectivity index (χ2n) is 7.14. The van der Waals surface area contributed by atoms with E-state index in [2.05, 4.69) is 20.5 Å². The molecule has 0 bridgehead atoms. The summed E-state index contributed by atoms with van der Waals surface area (Å²) < 4.78 is 5.78. The molecule has 1 aliphatic carbocycles. The number of nitriles is 1. The van der Waals surface area contributed by atoms with Gasteiger partial charge in [0.2, 0.25) is 5.95 Å². The van der Waals surface area contributed by atoms with Crippen molar-refractivity contribution < 1.29 is 4.74 Å². The molecule has 7 nitrogen and oxygen atoms in total. The second-order valence-corrected chi connectivity index (χ2v) is 7.14. The highest BCUT2D eigenvalue weighted by Crippen LogP contribution is 2.29. The van der Waals surface area contributed by atoms with Crippen LogP contribution in [0.25, 0.3) is 11.3 Å². The van der Waals surface area contributed by atoms with Gasteiger partial charge in [0, 0.05) is 17.7 Å². The Hall–Kier alpha value is -3.76. The Balaban J connectivity index is 1.51. The van der Waals surface area contributed by atoms with Crippen LogP contribution in [-0.2, 0) is 11.3 Å². The minimum Gasteiger partial charge on any atom is -0.376 e. The Kier molecular flexibility index (Phi) is 5.97. The Morgan fingerprint density at radius 1 is 1.20 bits per heavy atom. The van der Waals surface area contributed by atoms with Gasteiger partial charge in [0.1, 0.15) is 11.6 Å². The molecule has 1 heterocycles. The van der Waals surface area contributed by atoms with Crippen molar-refractivity contribution in [3.63, 3.8) is 0 Å². The lowest BCUT2D eigenvalue weighted by molar-refractivity contribution is 0.111. The maximum absolute atomic E-state index is 12.3. The van der Waals surface area contributed by atoms with Crippen LogP contribution in [0.15, 0.2) is 64.5 Å². The highest BCUT2D eigenvalue weighted by molar-refractivity contribution is 5.82. The average Bonchev–Trinajstić information content (AvgIpc) is 3.59. The van der Waals surface area contributed by atoms with Crippen LogP contribution in [0.1, 0.15) is 29.5 Å². The van der Waals surface area contributed by atoms with E-state index in [1.165, 1.54) is 12.8 Å².